The van der Waals surface area contributed by atoms with Crippen molar-refractivity contribution in [2.45, 2.75) is 19.4 Å². The van der Waals surface area contributed by atoms with Gasteiger partial charge in [-0.25, -0.2) is 4.79 Å². The van der Waals surface area contributed by atoms with E-state index >= 15 is 0 Å². The largest absolute Gasteiger partial charge is 0.493 e. The van der Waals surface area contributed by atoms with Crippen LogP contribution in [0.1, 0.15) is 23.7 Å². The fraction of sp³-hybridized carbons (Fsp3) is 0.333. The fourth-order valence-corrected chi connectivity index (χ4v) is 1.25. The molecule has 0 radical (unpaired) electrons. The van der Waals surface area contributed by atoms with Crippen molar-refractivity contribution < 1.29 is 19.4 Å². The van der Waals surface area contributed by atoms with Gasteiger partial charge in [-0.2, -0.15) is 5.26 Å². The molecule has 0 fully saturated rings. The summed E-state index contributed by atoms with van der Waals surface area (Å²) in [5, 5.41) is 17.6. The first-order valence-electron chi connectivity index (χ1n) is 5.10. The molecule has 0 saturated heterocycles. The average Bonchev–Trinajstić information content (AvgIpc) is 2.35. The molecule has 1 N–H and O–H groups in total. The lowest BCUT2D eigenvalue weighted by molar-refractivity contribution is 0.0696. The van der Waals surface area contributed by atoms with Crippen LogP contribution in [0.2, 0.25) is 0 Å². The van der Waals surface area contributed by atoms with Crippen LogP contribution in [-0.4, -0.2) is 24.3 Å². The van der Waals surface area contributed by atoms with Crippen LogP contribution < -0.4 is 9.47 Å². The minimum Gasteiger partial charge on any atom is -0.493 e. The van der Waals surface area contributed by atoms with E-state index in [1.165, 1.54) is 25.3 Å². The van der Waals surface area contributed by atoms with Crippen molar-refractivity contribution in [2.75, 3.05) is 7.11 Å². The first-order chi connectivity index (χ1) is 8.12. The predicted molar refractivity (Wildman–Crippen MR) is 60.3 cm³/mol. The summed E-state index contributed by atoms with van der Waals surface area (Å²) in [6, 6.07) is 6.25. The average molecular weight is 235 g/mol. The highest BCUT2D eigenvalue weighted by molar-refractivity contribution is 5.88. The molecular weight excluding hydrogens is 222 g/mol. The third-order valence-electron chi connectivity index (χ3n) is 2.19. The van der Waals surface area contributed by atoms with Gasteiger partial charge in [0.2, 0.25) is 0 Å². The van der Waals surface area contributed by atoms with Crippen LogP contribution in [0.3, 0.4) is 0 Å². The second kappa shape index (κ2) is 5.75. The number of rotatable bonds is 5. The lowest BCUT2D eigenvalue weighted by Gasteiger charge is -2.13. The van der Waals surface area contributed by atoms with E-state index in [2.05, 4.69) is 0 Å². The molecular formula is C12H13NO4. The van der Waals surface area contributed by atoms with E-state index in [1.54, 1.807) is 0 Å². The van der Waals surface area contributed by atoms with Gasteiger partial charge in [0.15, 0.2) is 17.6 Å². The van der Waals surface area contributed by atoms with E-state index < -0.39 is 12.1 Å². The third kappa shape index (κ3) is 3.11. The molecule has 0 saturated carbocycles. The van der Waals surface area contributed by atoms with E-state index in [4.69, 9.17) is 19.8 Å². The van der Waals surface area contributed by atoms with Gasteiger partial charge in [-0.15, -0.1) is 0 Å². The Balaban J connectivity index is 3.01. The monoisotopic (exact) mass is 235 g/mol. The van der Waals surface area contributed by atoms with Crippen LogP contribution in [0.25, 0.3) is 0 Å². The zero-order chi connectivity index (χ0) is 12.8. The number of nitrogens with zero attached hydrogens (tertiary/aromatic N) is 1. The van der Waals surface area contributed by atoms with E-state index in [0.29, 0.717) is 17.9 Å². The van der Waals surface area contributed by atoms with Gasteiger partial charge in [-0.05, 0) is 24.6 Å². The molecule has 1 aromatic rings. The molecule has 1 rings (SSSR count). The Morgan fingerprint density at radius 2 is 2.24 bits per heavy atom. The first kappa shape index (κ1) is 12.8. The highest BCUT2D eigenvalue weighted by atomic mass is 16.5. The SMILES string of the molecule is CCC(C#N)Oc1ccc(C(=O)O)cc1OC. The maximum atomic E-state index is 10.8. The van der Waals surface area contributed by atoms with Gasteiger partial charge in [0.25, 0.3) is 0 Å². The predicted octanol–water partition coefficient (Wildman–Crippen LogP) is 2.07. The normalized spacial score (nSPS) is 11.4. The topological polar surface area (TPSA) is 79.5 Å². The Morgan fingerprint density at radius 1 is 1.53 bits per heavy atom. The molecule has 0 heterocycles. The molecule has 1 aromatic carbocycles. The third-order valence-corrected chi connectivity index (χ3v) is 2.19. The summed E-state index contributed by atoms with van der Waals surface area (Å²) < 4.78 is 10.4. The van der Waals surface area contributed by atoms with Crippen LogP contribution in [0.5, 0.6) is 11.5 Å². The molecule has 1 unspecified atom stereocenters. The number of benzene rings is 1. The molecule has 0 aliphatic carbocycles. The summed E-state index contributed by atoms with van der Waals surface area (Å²) >= 11 is 0. The number of carboxylic acid groups (broad SMARTS) is 1. The van der Waals surface area contributed by atoms with Gasteiger partial charge in [0.05, 0.1) is 12.7 Å². The van der Waals surface area contributed by atoms with Crippen LogP contribution in [-0.2, 0) is 0 Å². The quantitative estimate of drug-likeness (QED) is 0.845. The maximum absolute atomic E-state index is 10.8. The van der Waals surface area contributed by atoms with Crippen molar-refractivity contribution in [3.05, 3.63) is 23.8 Å². The van der Waals surface area contributed by atoms with Gasteiger partial charge in [-0.1, -0.05) is 6.92 Å². The van der Waals surface area contributed by atoms with E-state index in [0.717, 1.165) is 0 Å². The molecule has 5 heteroatoms. The number of ether oxygens (including phenoxy) is 2. The lowest BCUT2D eigenvalue weighted by Crippen LogP contribution is -2.13. The van der Waals surface area contributed by atoms with Crippen molar-refractivity contribution in [3.8, 4) is 17.6 Å². The molecule has 0 spiro atoms. The standard InChI is InChI=1S/C12H13NO4/c1-3-9(7-13)17-10-5-4-8(12(14)15)6-11(10)16-2/h4-6,9H,3H2,1-2H3,(H,14,15). The molecule has 0 amide bonds. The summed E-state index contributed by atoms with van der Waals surface area (Å²) in [7, 11) is 1.42. The second-order valence-electron chi connectivity index (χ2n) is 3.31. The van der Waals surface area contributed by atoms with Crippen LogP contribution in [0, 0.1) is 11.3 Å². The van der Waals surface area contributed by atoms with Crippen molar-refractivity contribution in [1.82, 2.24) is 0 Å². The van der Waals surface area contributed by atoms with E-state index in [1.807, 2.05) is 13.0 Å². The highest BCUT2D eigenvalue weighted by Gasteiger charge is 2.13. The van der Waals surface area contributed by atoms with Crippen molar-refractivity contribution in [3.63, 3.8) is 0 Å². The lowest BCUT2D eigenvalue weighted by atomic mass is 10.2. The zero-order valence-electron chi connectivity index (χ0n) is 9.64. The Kier molecular flexibility index (Phi) is 4.35. The molecule has 0 bridgehead atoms. The van der Waals surface area contributed by atoms with Crippen molar-refractivity contribution in [2.24, 2.45) is 0 Å². The number of hydrogen-bond acceptors (Lipinski definition) is 4. The highest BCUT2D eigenvalue weighted by Crippen LogP contribution is 2.29. The number of methoxy groups -OCH3 is 1. The van der Waals surface area contributed by atoms with Crippen LogP contribution in [0.4, 0.5) is 0 Å². The Labute approximate surface area is 99.2 Å². The van der Waals surface area contributed by atoms with Crippen molar-refractivity contribution in [1.29, 1.82) is 5.26 Å². The van der Waals surface area contributed by atoms with E-state index in [9.17, 15) is 4.79 Å². The summed E-state index contributed by atoms with van der Waals surface area (Å²) in [5.74, 6) is -0.369. The van der Waals surface area contributed by atoms with Gasteiger partial charge < -0.3 is 14.6 Å². The van der Waals surface area contributed by atoms with Gasteiger partial charge in [0, 0.05) is 0 Å². The molecule has 1 atom stereocenters. The number of carbonyl (C=O) groups is 1. The molecule has 17 heavy (non-hydrogen) atoms. The number of aromatic carboxylic acids is 1. The molecule has 0 aromatic heterocycles. The molecule has 5 nitrogen and oxygen atoms in total. The number of hydrogen-bond donors (Lipinski definition) is 1. The Hall–Kier alpha value is -2.22. The van der Waals surface area contributed by atoms with Crippen LogP contribution >= 0.6 is 0 Å². The summed E-state index contributed by atoms with van der Waals surface area (Å²) in [5.41, 5.74) is 0.110. The van der Waals surface area contributed by atoms with Crippen LogP contribution in [0.15, 0.2) is 18.2 Å². The second-order valence-corrected chi connectivity index (χ2v) is 3.31. The zero-order valence-corrected chi connectivity index (χ0v) is 9.64. The van der Waals surface area contributed by atoms with E-state index in [-0.39, 0.29) is 5.56 Å². The fourth-order valence-electron chi connectivity index (χ4n) is 1.25. The minimum atomic E-state index is -1.04. The summed E-state index contributed by atoms with van der Waals surface area (Å²) in [4.78, 5) is 10.8. The van der Waals surface area contributed by atoms with Gasteiger partial charge in [0.1, 0.15) is 6.07 Å². The maximum Gasteiger partial charge on any atom is 0.335 e. The summed E-state index contributed by atoms with van der Waals surface area (Å²) in [6.45, 7) is 1.83. The van der Waals surface area contributed by atoms with Gasteiger partial charge in [-0.3, -0.25) is 0 Å². The number of carboxylic acids is 1. The minimum absolute atomic E-state index is 0.110. The molecule has 0 aliphatic heterocycles. The molecule has 0 aliphatic rings. The Morgan fingerprint density at radius 3 is 2.71 bits per heavy atom. The number of nitriles is 1. The summed E-state index contributed by atoms with van der Waals surface area (Å²) in [6.07, 6.45) is -0.0278. The first-order valence-corrected chi connectivity index (χ1v) is 5.10. The smallest absolute Gasteiger partial charge is 0.335 e. The van der Waals surface area contributed by atoms with Crippen molar-refractivity contribution >= 4 is 5.97 Å². The molecule has 90 valence electrons. The van der Waals surface area contributed by atoms with Gasteiger partial charge >= 0.3 is 5.97 Å². The Bertz CT molecular complexity index is 450.